The first-order valence-electron chi connectivity index (χ1n) is 6.56. The van der Waals surface area contributed by atoms with E-state index in [9.17, 15) is 4.79 Å². The maximum absolute atomic E-state index is 12.1. The molecule has 6 nitrogen and oxygen atoms in total. The predicted molar refractivity (Wildman–Crippen MR) is 80.7 cm³/mol. The molecule has 4 N–H and O–H groups in total. The van der Waals surface area contributed by atoms with Gasteiger partial charge in [0.25, 0.3) is 5.91 Å². The first kappa shape index (κ1) is 13.1. The van der Waals surface area contributed by atoms with Gasteiger partial charge in [-0.1, -0.05) is 0 Å². The third kappa shape index (κ3) is 2.84. The number of carbonyl (C=O) groups is 1. The molecule has 1 aromatic carbocycles. The smallest absolute Gasteiger partial charge is 0.268 e. The minimum absolute atomic E-state index is 0.188. The molecule has 21 heavy (non-hydrogen) atoms. The van der Waals surface area contributed by atoms with Crippen molar-refractivity contribution < 1.29 is 4.79 Å². The quantitative estimate of drug-likeness (QED) is 0.637. The Bertz CT molecular complexity index is 791. The number of aromatic nitrogens is 3. The van der Waals surface area contributed by atoms with Crippen LogP contribution in [0.25, 0.3) is 10.9 Å². The van der Waals surface area contributed by atoms with Gasteiger partial charge in [0, 0.05) is 22.8 Å². The Balaban J connectivity index is 1.73. The Kier molecular flexibility index (Phi) is 3.27. The van der Waals surface area contributed by atoms with Crippen LogP contribution in [-0.4, -0.2) is 20.9 Å². The minimum Gasteiger partial charge on any atom is -0.399 e. The Morgan fingerprint density at radius 3 is 2.90 bits per heavy atom. The highest BCUT2D eigenvalue weighted by Crippen LogP contribution is 2.18. The van der Waals surface area contributed by atoms with Crippen molar-refractivity contribution in [2.45, 2.75) is 13.5 Å². The van der Waals surface area contributed by atoms with Crippen molar-refractivity contribution in [2.75, 3.05) is 5.73 Å². The number of carbonyl (C=O) groups excluding carboxylic acids is 1. The summed E-state index contributed by atoms with van der Waals surface area (Å²) in [4.78, 5) is 23.5. The lowest BCUT2D eigenvalue weighted by Crippen LogP contribution is -2.23. The van der Waals surface area contributed by atoms with Crippen molar-refractivity contribution in [1.29, 1.82) is 0 Å². The van der Waals surface area contributed by atoms with Gasteiger partial charge in [-0.05, 0) is 31.2 Å². The number of hydrogen-bond acceptors (Lipinski definition) is 4. The molecule has 2 heterocycles. The van der Waals surface area contributed by atoms with Crippen molar-refractivity contribution in [3.05, 3.63) is 53.7 Å². The minimum atomic E-state index is -0.188. The molecule has 0 atom stereocenters. The van der Waals surface area contributed by atoms with Crippen molar-refractivity contribution in [2.24, 2.45) is 0 Å². The van der Waals surface area contributed by atoms with E-state index < -0.39 is 0 Å². The van der Waals surface area contributed by atoms with Gasteiger partial charge in [0.15, 0.2) is 0 Å². The number of benzene rings is 1. The summed E-state index contributed by atoms with van der Waals surface area (Å²) < 4.78 is 0. The Labute approximate surface area is 121 Å². The molecule has 0 bridgehead atoms. The van der Waals surface area contributed by atoms with E-state index in [0.29, 0.717) is 23.6 Å². The molecule has 1 amide bonds. The lowest BCUT2D eigenvalue weighted by Gasteiger charge is -2.03. The van der Waals surface area contributed by atoms with Crippen LogP contribution in [0.5, 0.6) is 0 Å². The highest BCUT2D eigenvalue weighted by Gasteiger charge is 2.09. The third-order valence-electron chi connectivity index (χ3n) is 3.15. The Hall–Kier alpha value is -2.89. The number of nitrogen functional groups attached to an aromatic ring is 1. The van der Waals surface area contributed by atoms with Crippen LogP contribution in [-0.2, 0) is 6.54 Å². The molecule has 6 heteroatoms. The van der Waals surface area contributed by atoms with Crippen LogP contribution in [0.3, 0.4) is 0 Å². The SMILES string of the molecule is Cc1cnc(CNC(=O)c2cc3cc(N)ccc3[nH]2)cn1. The van der Waals surface area contributed by atoms with E-state index in [4.69, 9.17) is 5.73 Å². The van der Waals surface area contributed by atoms with Gasteiger partial charge < -0.3 is 16.0 Å². The predicted octanol–water partition coefficient (Wildman–Crippen LogP) is 1.78. The fraction of sp³-hybridized carbons (Fsp3) is 0.133. The molecule has 0 aliphatic rings. The molecule has 0 aliphatic carbocycles. The number of aryl methyl sites for hydroxylation is 1. The fourth-order valence-electron chi connectivity index (χ4n) is 2.05. The number of amides is 1. The standard InChI is InChI=1S/C15H15N5O/c1-9-6-18-12(7-17-9)8-19-15(21)14-5-10-4-11(16)2-3-13(10)20-14/h2-7,20H,8,16H2,1H3,(H,19,21). The van der Waals surface area contributed by atoms with E-state index in [1.165, 1.54) is 0 Å². The summed E-state index contributed by atoms with van der Waals surface area (Å²) in [6.45, 7) is 2.20. The van der Waals surface area contributed by atoms with Crippen molar-refractivity contribution in [3.63, 3.8) is 0 Å². The third-order valence-corrected chi connectivity index (χ3v) is 3.15. The summed E-state index contributed by atoms with van der Waals surface area (Å²) in [5, 5.41) is 3.72. The molecular weight excluding hydrogens is 266 g/mol. The van der Waals surface area contributed by atoms with Gasteiger partial charge >= 0.3 is 0 Å². The number of nitrogens with zero attached hydrogens (tertiary/aromatic N) is 2. The van der Waals surface area contributed by atoms with Crippen molar-refractivity contribution in [3.8, 4) is 0 Å². The topological polar surface area (TPSA) is 96.7 Å². The number of rotatable bonds is 3. The number of fused-ring (bicyclic) bond motifs is 1. The zero-order valence-electron chi connectivity index (χ0n) is 11.6. The van der Waals surface area contributed by atoms with Crippen LogP contribution >= 0.6 is 0 Å². The van der Waals surface area contributed by atoms with E-state index >= 15 is 0 Å². The van der Waals surface area contributed by atoms with Crippen LogP contribution in [0.2, 0.25) is 0 Å². The van der Waals surface area contributed by atoms with E-state index in [-0.39, 0.29) is 5.91 Å². The Morgan fingerprint density at radius 2 is 2.14 bits per heavy atom. The van der Waals surface area contributed by atoms with Gasteiger partial charge in [-0.15, -0.1) is 0 Å². The average Bonchev–Trinajstić information content (AvgIpc) is 2.89. The lowest BCUT2D eigenvalue weighted by atomic mass is 10.2. The first-order valence-corrected chi connectivity index (χ1v) is 6.56. The van der Waals surface area contributed by atoms with Gasteiger partial charge in [-0.25, -0.2) is 0 Å². The molecule has 0 saturated heterocycles. The highest BCUT2D eigenvalue weighted by atomic mass is 16.1. The van der Waals surface area contributed by atoms with E-state index in [0.717, 1.165) is 16.6 Å². The summed E-state index contributed by atoms with van der Waals surface area (Å²) in [7, 11) is 0. The molecule has 0 radical (unpaired) electrons. The van der Waals surface area contributed by atoms with Crippen LogP contribution in [0, 0.1) is 6.92 Å². The summed E-state index contributed by atoms with van der Waals surface area (Å²) in [6.07, 6.45) is 3.33. The van der Waals surface area contributed by atoms with E-state index in [1.54, 1.807) is 24.5 Å². The monoisotopic (exact) mass is 281 g/mol. The number of hydrogen-bond donors (Lipinski definition) is 3. The zero-order chi connectivity index (χ0) is 14.8. The number of aromatic amines is 1. The highest BCUT2D eigenvalue weighted by molar-refractivity contribution is 5.98. The van der Waals surface area contributed by atoms with Crippen LogP contribution in [0.4, 0.5) is 5.69 Å². The van der Waals surface area contributed by atoms with Crippen LogP contribution in [0.1, 0.15) is 21.9 Å². The number of nitrogens with two attached hydrogens (primary N) is 1. The molecule has 0 spiro atoms. The zero-order valence-corrected chi connectivity index (χ0v) is 11.6. The maximum atomic E-state index is 12.1. The van der Waals surface area contributed by atoms with Crippen molar-refractivity contribution in [1.82, 2.24) is 20.3 Å². The lowest BCUT2D eigenvalue weighted by molar-refractivity contribution is 0.0946. The summed E-state index contributed by atoms with van der Waals surface area (Å²) in [5.41, 5.74) is 9.33. The first-order chi connectivity index (χ1) is 10.1. The van der Waals surface area contributed by atoms with Gasteiger partial charge in [-0.3, -0.25) is 14.8 Å². The molecule has 106 valence electrons. The largest absolute Gasteiger partial charge is 0.399 e. The second-order valence-corrected chi connectivity index (χ2v) is 4.86. The molecule has 0 aliphatic heterocycles. The molecule has 0 saturated carbocycles. The fourth-order valence-corrected chi connectivity index (χ4v) is 2.05. The average molecular weight is 281 g/mol. The molecular formula is C15H15N5O. The second kappa shape index (κ2) is 5.24. The van der Waals surface area contributed by atoms with Gasteiger partial charge in [-0.2, -0.15) is 0 Å². The number of nitrogens with one attached hydrogen (secondary N) is 2. The summed E-state index contributed by atoms with van der Waals surface area (Å²) in [6, 6.07) is 7.26. The number of H-pyrrole nitrogens is 1. The Morgan fingerprint density at radius 1 is 1.29 bits per heavy atom. The van der Waals surface area contributed by atoms with Gasteiger partial charge in [0.05, 0.1) is 24.1 Å². The van der Waals surface area contributed by atoms with Gasteiger partial charge in [0.2, 0.25) is 0 Å². The number of anilines is 1. The van der Waals surface area contributed by atoms with E-state index in [1.807, 2.05) is 19.1 Å². The molecule has 0 fully saturated rings. The normalized spacial score (nSPS) is 10.7. The van der Waals surface area contributed by atoms with Crippen LogP contribution in [0.15, 0.2) is 36.7 Å². The summed E-state index contributed by atoms with van der Waals surface area (Å²) >= 11 is 0. The van der Waals surface area contributed by atoms with Crippen molar-refractivity contribution >= 4 is 22.5 Å². The molecule has 2 aromatic heterocycles. The summed E-state index contributed by atoms with van der Waals surface area (Å²) in [5.74, 6) is -0.188. The van der Waals surface area contributed by atoms with Gasteiger partial charge in [0.1, 0.15) is 5.69 Å². The van der Waals surface area contributed by atoms with Crippen LogP contribution < -0.4 is 11.1 Å². The molecule has 3 aromatic rings. The van der Waals surface area contributed by atoms with E-state index in [2.05, 4.69) is 20.3 Å². The molecule has 3 rings (SSSR count). The maximum Gasteiger partial charge on any atom is 0.268 e. The molecule has 0 unspecified atom stereocenters. The second-order valence-electron chi connectivity index (χ2n) is 4.86.